The number of fused-ring (bicyclic) bond motifs is 1. The zero-order valence-electron chi connectivity index (χ0n) is 7.23. The first-order chi connectivity index (χ1) is 5.75. The van der Waals surface area contributed by atoms with Gasteiger partial charge < -0.3 is 0 Å². The third-order valence-corrected chi connectivity index (χ3v) is 1.81. The quantitative estimate of drug-likeness (QED) is 0.572. The SMILES string of the molecule is Cc1cn2c(n1)N=CC(C)C=C2. The number of nitrogens with zero attached hydrogens (tertiary/aromatic N) is 3. The molecule has 0 saturated heterocycles. The zero-order chi connectivity index (χ0) is 8.55. The van der Waals surface area contributed by atoms with Crippen molar-refractivity contribution in [3.05, 3.63) is 18.0 Å². The van der Waals surface area contributed by atoms with E-state index in [0.717, 1.165) is 11.6 Å². The maximum Gasteiger partial charge on any atom is 0.233 e. The second-order valence-corrected chi connectivity index (χ2v) is 3.07. The smallest absolute Gasteiger partial charge is 0.233 e. The van der Waals surface area contributed by atoms with Crippen LogP contribution >= 0.6 is 0 Å². The van der Waals surface area contributed by atoms with Gasteiger partial charge in [0, 0.05) is 24.5 Å². The Balaban J connectivity index is 2.49. The van der Waals surface area contributed by atoms with Crippen LogP contribution in [0.5, 0.6) is 0 Å². The van der Waals surface area contributed by atoms with E-state index in [0.29, 0.717) is 5.92 Å². The minimum atomic E-state index is 0.395. The van der Waals surface area contributed by atoms with Gasteiger partial charge in [-0.2, -0.15) is 0 Å². The Kier molecular flexibility index (Phi) is 1.57. The highest BCUT2D eigenvalue weighted by Crippen LogP contribution is 2.15. The van der Waals surface area contributed by atoms with Gasteiger partial charge in [-0.1, -0.05) is 13.0 Å². The van der Waals surface area contributed by atoms with Crippen LogP contribution in [0.15, 0.2) is 17.3 Å². The molecule has 0 fully saturated rings. The fraction of sp³-hybridized carbons (Fsp3) is 0.333. The Bertz CT molecular complexity index is 315. The molecule has 1 aliphatic heterocycles. The lowest BCUT2D eigenvalue weighted by atomic mass is 10.2. The van der Waals surface area contributed by atoms with E-state index < -0.39 is 0 Å². The lowest BCUT2D eigenvalue weighted by molar-refractivity contribution is 1.03. The molecule has 1 unspecified atom stereocenters. The second-order valence-electron chi connectivity index (χ2n) is 3.07. The number of allylic oxidation sites excluding steroid dienone is 1. The standard InChI is InChI=1S/C9H11N3/c1-7-3-4-12-6-8(2)11-9(12)10-5-7/h3-7H,1-2H3. The number of aliphatic imine (C=N–C) groups is 1. The van der Waals surface area contributed by atoms with Crippen LogP contribution in [0.25, 0.3) is 6.20 Å². The first-order valence-electron chi connectivity index (χ1n) is 4.04. The Hall–Kier alpha value is -1.38. The van der Waals surface area contributed by atoms with Crippen LogP contribution < -0.4 is 0 Å². The predicted molar refractivity (Wildman–Crippen MR) is 49.6 cm³/mol. The predicted octanol–water partition coefficient (Wildman–Crippen LogP) is 2.01. The van der Waals surface area contributed by atoms with Crippen molar-refractivity contribution in [2.45, 2.75) is 13.8 Å². The van der Waals surface area contributed by atoms with E-state index in [9.17, 15) is 0 Å². The molecule has 1 aromatic rings. The van der Waals surface area contributed by atoms with E-state index in [4.69, 9.17) is 0 Å². The lowest BCUT2D eigenvalue weighted by Crippen LogP contribution is -1.87. The highest BCUT2D eigenvalue weighted by Gasteiger charge is 2.04. The maximum absolute atomic E-state index is 4.26. The monoisotopic (exact) mass is 161 g/mol. The summed E-state index contributed by atoms with van der Waals surface area (Å²) < 4.78 is 1.94. The molecule has 62 valence electrons. The Labute approximate surface area is 71.5 Å². The van der Waals surface area contributed by atoms with Crippen molar-refractivity contribution in [2.75, 3.05) is 0 Å². The Morgan fingerprint density at radius 2 is 2.33 bits per heavy atom. The largest absolute Gasteiger partial charge is 0.291 e. The average molecular weight is 161 g/mol. The minimum Gasteiger partial charge on any atom is -0.291 e. The summed E-state index contributed by atoms with van der Waals surface area (Å²) in [7, 11) is 0. The van der Waals surface area contributed by atoms with Gasteiger partial charge in [-0.05, 0) is 6.92 Å². The average Bonchev–Trinajstić information content (AvgIpc) is 2.31. The maximum atomic E-state index is 4.26. The summed E-state index contributed by atoms with van der Waals surface area (Å²) in [4.78, 5) is 8.51. The highest BCUT2D eigenvalue weighted by atomic mass is 15.2. The van der Waals surface area contributed by atoms with Gasteiger partial charge in [0.1, 0.15) is 0 Å². The summed E-state index contributed by atoms with van der Waals surface area (Å²) >= 11 is 0. The molecular weight excluding hydrogens is 150 g/mol. The van der Waals surface area contributed by atoms with Crippen LogP contribution in [0.4, 0.5) is 5.95 Å². The van der Waals surface area contributed by atoms with Crippen LogP contribution in [-0.4, -0.2) is 15.8 Å². The normalized spacial score (nSPS) is 20.7. The topological polar surface area (TPSA) is 30.2 Å². The van der Waals surface area contributed by atoms with Crippen LogP contribution in [0.1, 0.15) is 12.6 Å². The van der Waals surface area contributed by atoms with Gasteiger partial charge in [0.05, 0.1) is 5.69 Å². The van der Waals surface area contributed by atoms with E-state index >= 15 is 0 Å². The van der Waals surface area contributed by atoms with Crippen molar-refractivity contribution in [2.24, 2.45) is 10.9 Å². The van der Waals surface area contributed by atoms with E-state index in [1.807, 2.05) is 30.1 Å². The number of hydrogen-bond acceptors (Lipinski definition) is 2. The molecule has 2 rings (SSSR count). The molecule has 0 amide bonds. The lowest BCUT2D eigenvalue weighted by Gasteiger charge is -1.91. The van der Waals surface area contributed by atoms with Crippen molar-refractivity contribution in [1.82, 2.24) is 9.55 Å². The van der Waals surface area contributed by atoms with Crippen molar-refractivity contribution in [1.29, 1.82) is 0 Å². The first-order valence-corrected chi connectivity index (χ1v) is 4.04. The summed E-state index contributed by atoms with van der Waals surface area (Å²) in [5, 5.41) is 0. The van der Waals surface area contributed by atoms with Crippen molar-refractivity contribution in [3.8, 4) is 0 Å². The minimum absolute atomic E-state index is 0.395. The molecule has 3 nitrogen and oxygen atoms in total. The van der Waals surface area contributed by atoms with E-state index in [1.165, 1.54) is 0 Å². The van der Waals surface area contributed by atoms with Crippen LogP contribution in [-0.2, 0) is 0 Å². The van der Waals surface area contributed by atoms with Gasteiger partial charge in [0.15, 0.2) is 0 Å². The third-order valence-electron chi connectivity index (χ3n) is 1.81. The van der Waals surface area contributed by atoms with Gasteiger partial charge in [-0.15, -0.1) is 0 Å². The van der Waals surface area contributed by atoms with E-state index in [-0.39, 0.29) is 0 Å². The third kappa shape index (κ3) is 1.18. The molecule has 1 aliphatic rings. The first kappa shape index (κ1) is 7.28. The molecule has 1 aromatic heterocycles. The number of rotatable bonds is 0. The van der Waals surface area contributed by atoms with E-state index in [1.54, 1.807) is 0 Å². The molecule has 0 aromatic carbocycles. The van der Waals surface area contributed by atoms with Crippen LogP contribution in [0.2, 0.25) is 0 Å². The summed E-state index contributed by atoms with van der Waals surface area (Å²) in [5.41, 5.74) is 1.00. The van der Waals surface area contributed by atoms with Crippen LogP contribution in [0.3, 0.4) is 0 Å². The van der Waals surface area contributed by atoms with Gasteiger partial charge >= 0.3 is 0 Å². The molecule has 0 radical (unpaired) electrons. The van der Waals surface area contributed by atoms with Crippen molar-refractivity contribution in [3.63, 3.8) is 0 Å². The molecule has 0 saturated carbocycles. The Morgan fingerprint density at radius 3 is 3.17 bits per heavy atom. The number of aryl methyl sites for hydroxylation is 1. The zero-order valence-corrected chi connectivity index (χ0v) is 7.23. The molecule has 2 heterocycles. The molecular formula is C9H11N3. The van der Waals surface area contributed by atoms with Gasteiger partial charge in [0.2, 0.25) is 5.95 Å². The molecule has 0 aliphatic carbocycles. The van der Waals surface area contributed by atoms with Gasteiger partial charge in [-0.25, -0.2) is 9.98 Å². The molecule has 3 heteroatoms. The summed E-state index contributed by atoms with van der Waals surface area (Å²) in [6.07, 6.45) is 7.98. The number of hydrogen-bond donors (Lipinski definition) is 0. The van der Waals surface area contributed by atoms with E-state index in [2.05, 4.69) is 23.0 Å². The van der Waals surface area contributed by atoms with Crippen molar-refractivity contribution >= 4 is 18.4 Å². The number of aromatic nitrogens is 2. The molecule has 0 spiro atoms. The molecule has 0 bridgehead atoms. The summed E-state index contributed by atoms with van der Waals surface area (Å²) in [5.74, 6) is 1.17. The van der Waals surface area contributed by atoms with Crippen LogP contribution in [0, 0.1) is 12.8 Å². The molecule has 1 atom stereocenters. The summed E-state index contributed by atoms with van der Waals surface area (Å²) in [6.45, 7) is 4.06. The van der Waals surface area contributed by atoms with Crippen molar-refractivity contribution < 1.29 is 0 Å². The molecule has 0 N–H and O–H groups in total. The number of imidazole rings is 1. The second kappa shape index (κ2) is 2.59. The van der Waals surface area contributed by atoms with Gasteiger partial charge in [0.25, 0.3) is 0 Å². The Morgan fingerprint density at radius 1 is 1.50 bits per heavy atom. The van der Waals surface area contributed by atoms with Gasteiger partial charge in [-0.3, -0.25) is 4.57 Å². The molecule has 12 heavy (non-hydrogen) atoms. The highest BCUT2D eigenvalue weighted by molar-refractivity contribution is 5.68. The fourth-order valence-electron chi connectivity index (χ4n) is 1.17. The fourth-order valence-corrected chi connectivity index (χ4v) is 1.17. The summed E-state index contributed by atoms with van der Waals surface area (Å²) in [6, 6.07) is 0.